The molecular weight excluding hydrogens is 363 g/mol. The van der Waals surface area contributed by atoms with E-state index in [4.69, 9.17) is 0 Å². The summed E-state index contributed by atoms with van der Waals surface area (Å²) in [6.45, 7) is 6.55. The van der Waals surface area contributed by atoms with Crippen LogP contribution in [0, 0.1) is 7.14 Å². The zero-order chi connectivity index (χ0) is 14.8. The molecule has 0 saturated heterocycles. The van der Waals surface area contributed by atoms with Gasteiger partial charge in [0, 0.05) is 0 Å². The average Bonchev–Trinajstić information content (AvgIpc) is 2.38. The van der Waals surface area contributed by atoms with Gasteiger partial charge in [0.2, 0.25) is 0 Å². The van der Waals surface area contributed by atoms with Gasteiger partial charge in [0.05, 0.1) is 0 Å². The van der Waals surface area contributed by atoms with Crippen LogP contribution in [0.3, 0.4) is 0 Å². The number of carboxylic acid groups (broad SMARTS) is 1. The van der Waals surface area contributed by atoms with Crippen LogP contribution >= 0.6 is 0 Å². The normalized spacial score (nSPS) is 11.6. The molecule has 0 fully saturated rings. The van der Waals surface area contributed by atoms with Crippen LogP contribution in [0.2, 0.25) is 0 Å². The van der Waals surface area contributed by atoms with Crippen molar-refractivity contribution < 1.29 is 31.1 Å². The number of carbonyl (C=O) groups excluding carboxylic acids is 1. The van der Waals surface area contributed by atoms with Gasteiger partial charge in [-0.15, -0.1) is 0 Å². The molecule has 3 heteroatoms. The molecule has 2 nitrogen and oxygen atoms in total. The molecule has 2 aromatic carbocycles. The van der Waals surface area contributed by atoms with E-state index in [0.29, 0.717) is 5.56 Å². The molecule has 0 saturated carbocycles. The Morgan fingerprint density at radius 1 is 1.00 bits per heavy atom. The zero-order valence-electron chi connectivity index (χ0n) is 11.8. The summed E-state index contributed by atoms with van der Waals surface area (Å²) < 4.78 is 2.11. The zero-order valence-corrected chi connectivity index (χ0v) is 14.0. The van der Waals surface area contributed by atoms with E-state index in [2.05, 4.69) is 45.0 Å². The number of halogens is 1. The second-order valence-corrected chi connectivity index (χ2v) is 8.57. The second-order valence-electron chi connectivity index (χ2n) is 5.62. The first-order chi connectivity index (χ1) is 9.38. The number of carboxylic acids is 1. The van der Waals surface area contributed by atoms with Crippen LogP contribution in [-0.4, -0.2) is 5.97 Å². The summed E-state index contributed by atoms with van der Waals surface area (Å²) in [5.74, 6) is -1.09. The van der Waals surface area contributed by atoms with Crippen LogP contribution < -0.4 is 26.3 Å². The van der Waals surface area contributed by atoms with Crippen LogP contribution in [0.1, 0.15) is 36.7 Å². The van der Waals surface area contributed by atoms with Crippen molar-refractivity contribution in [1.82, 2.24) is 0 Å². The minimum absolute atomic E-state index is 0.139. The molecule has 0 radical (unpaired) electrons. The molecule has 0 unspecified atom stereocenters. The van der Waals surface area contributed by atoms with Gasteiger partial charge in [-0.25, -0.2) is 0 Å². The number of carbonyl (C=O) groups is 1. The van der Waals surface area contributed by atoms with Crippen LogP contribution in [0.25, 0.3) is 0 Å². The summed E-state index contributed by atoms with van der Waals surface area (Å²) in [6, 6.07) is 15.6. The Balaban J connectivity index is 2.25. The second kappa shape index (κ2) is 5.95. The molecule has 0 spiro atoms. The fourth-order valence-corrected chi connectivity index (χ4v) is 4.31. The number of rotatable bonds is 3. The molecule has 0 atom stereocenters. The molecule has 0 aliphatic heterocycles. The van der Waals surface area contributed by atoms with Crippen molar-refractivity contribution in [3.8, 4) is 0 Å². The first-order valence-corrected chi connectivity index (χ1v) is 8.59. The number of aromatic carboxylic acids is 1. The molecule has 0 aliphatic rings. The van der Waals surface area contributed by atoms with Gasteiger partial charge in [-0.2, -0.15) is 0 Å². The minimum atomic E-state index is -1.09. The molecule has 0 aromatic heterocycles. The van der Waals surface area contributed by atoms with Gasteiger partial charge in [0.15, 0.2) is 0 Å². The Bertz CT molecular complexity index is 610. The van der Waals surface area contributed by atoms with E-state index < -0.39 is 27.2 Å². The standard InChI is InChI=1S/C17H18IO2/c1-17(2,3)12-8-10-13(11-9-12)18-15-7-5-4-6-14(15)16(19)20/h4-11H,1-3H3,(H,19,20)/q-1/p-1. The number of hydrogen-bond acceptors (Lipinski definition) is 2. The van der Waals surface area contributed by atoms with Gasteiger partial charge in [-0.1, -0.05) is 0 Å². The maximum absolute atomic E-state index is 11.1. The maximum atomic E-state index is 11.1. The Labute approximate surface area is 130 Å². The SMILES string of the molecule is CC(C)(C)c1ccc([I-]c2ccccc2C(=O)[O-])cc1. The van der Waals surface area contributed by atoms with Crippen molar-refractivity contribution in [2.75, 3.05) is 0 Å². The fourth-order valence-electron chi connectivity index (χ4n) is 1.84. The number of hydrogen-bond donors (Lipinski definition) is 0. The van der Waals surface area contributed by atoms with Crippen molar-refractivity contribution in [3.63, 3.8) is 0 Å². The van der Waals surface area contributed by atoms with Gasteiger partial charge in [0.1, 0.15) is 0 Å². The first-order valence-electron chi connectivity index (χ1n) is 6.43. The van der Waals surface area contributed by atoms with E-state index in [1.54, 1.807) is 12.1 Å². The third kappa shape index (κ3) is 3.60. The number of benzene rings is 2. The van der Waals surface area contributed by atoms with Gasteiger partial charge in [-0.3, -0.25) is 0 Å². The molecule has 2 rings (SSSR count). The monoisotopic (exact) mass is 380 g/mol. The predicted octanol–water partition coefficient (Wildman–Crippen LogP) is -0.524. The van der Waals surface area contributed by atoms with Gasteiger partial charge >= 0.3 is 130 Å². The third-order valence-corrected chi connectivity index (χ3v) is 5.88. The topological polar surface area (TPSA) is 40.1 Å². The molecule has 0 bridgehead atoms. The summed E-state index contributed by atoms with van der Waals surface area (Å²) in [4.78, 5) is 11.1. The average molecular weight is 380 g/mol. The van der Waals surface area contributed by atoms with Crippen molar-refractivity contribution in [2.24, 2.45) is 0 Å². The van der Waals surface area contributed by atoms with E-state index >= 15 is 0 Å². The summed E-state index contributed by atoms with van der Waals surface area (Å²) >= 11 is -0.497. The summed E-state index contributed by atoms with van der Waals surface area (Å²) in [6.07, 6.45) is 0. The molecule has 0 aliphatic carbocycles. The molecule has 20 heavy (non-hydrogen) atoms. The van der Waals surface area contributed by atoms with Crippen LogP contribution in [0.15, 0.2) is 48.5 Å². The quantitative estimate of drug-likeness (QED) is 0.673. The molecule has 0 amide bonds. The van der Waals surface area contributed by atoms with Crippen molar-refractivity contribution in [2.45, 2.75) is 26.2 Å². The van der Waals surface area contributed by atoms with Crippen molar-refractivity contribution >= 4 is 5.97 Å². The third-order valence-electron chi connectivity index (χ3n) is 3.01. The Kier molecular flexibility index (Phi) is 4.48. The van der Waals surface area contributed by atoms with Gasteiger partial charge < -0.3 is 0 Å². The molecule has 0 N–H and O–H groups in total. The first kappa shape index (κ1) is 15.0. The Morgan fingerprint density at radius 3 is 2.15 bits per heavy atom. The van der Waals surface area contributed by atoms with Crippen molar-refractivity contribution in [3.05, 3.63) is 66.8 Å². The van der Waals surface area contributed by atoms with E-state index in [-0.39, 0.29) is 5.41 Å². The van der Waals surface area contributed by atoms with E-state index in [1.807, 2.05) is 12.1 Å². The van der Waals surface area contributed by atoms with Gasteiger partial charge in [-0.05, 0) is 0 Å². The summed E-state index contributed by atoms with van der Waals surface area (Å²) in [7, 11) is 0. The fraction of sp³-hybridized carbons (Fsp3) is 0.235. The Hall–Kier alpha value is -1.36. The van der Waals surface area contributed by atoms with E-state index in [9.17, 15) is 9.90 Å². The summed E-state index contributed by atoms with van der Waals surface area (Å²) in [5.41, 5.74) is 1.75. The predicted molar refractivity (Wildman–Crippen MR) is 73.3 cm³/mol. The molecule has 2 aromatic rings. The van der Waals surface area contributed by atoms with E-state index in [1.165, 1.54) is 9.13 Å². The van der Waals surface area contributed by atoms with Gasteiger partial charge in [0.25, 0.3) is 0 Å². The molecule has 106 valence electrons. The molecular formula is C17H17IO2-2. The van der Waals surface area contributed by atoms with Crippen LogP contribution in [0.4, 0.5) is 0 Å². The Morgan fingerprint density at radius 2 is 1.60 bits per heavy atom. The summed E-state index contributed by atoms with van der Waals surface area (Å²) in [5, 5.41) is 11.1. The van der Waals surface area contributed by atoms with Crippen molar-refractivity contribution in [1.29, 1.82) is 0 Å². The van der Waals surface area contributed by atoms with E-state index in [0.717, 1.165) is 3.57 Å². The van der Waals surface area contributed by atoms with Crippen LogP contribution in [0.5, 0.6) is 0 Å². The van der Waals surface area contributed by atoms with Crippen LogP contribution in [-0.2, 0) is 5.41 Å². The molecule has 0 heterocycles.